The maximum absolute atomic E-state index is 6.12. The minimum absolute atomic E-state index is 0.141. The van der Waals surface area contributed by atoms with Crippen LogP contribution >= 0.6 is 0 Å². The second kappa shape index (κ2) is 11.2. The predicted molar refractivity (Wildman–Crippen MR) is 151 cm³/mol. The fourth-order valence-electron chi connectivity index (χ4n) is 5.61. The second-order valence-electron chi connectivity index (χ2n) is 11.2. The first kappa shape index (κ1) is 25.6. The summed E-state index contributed by atoms with van der Waals surface area (Å²) < 4.78 is 16.5. The molecule has 0 N–H and O–H groups in total. The minimum atomic E-state index is -0.141. The van der Waals surface area contributed by atoms with E-state index >= 15 is 0 Å². The number of benzene rings is 2. The summed E-state index contributed by atoms with van der Waals surface area (Å²) in [7, 11) is 0. The van der Waals surface area contributed by atoms with E-state index in [0.717, 1.165) is 63.6 Å². The zero-order chi connectivity index (χ0) is 26.7. The standard InChI is InChI=1S/C31H38N6O2/c1-31(2,27-5-7-29-25(17-27)19-36(23-38-29)13-3-11-34-15-9-32-21-34)28-6-8-30-26(18-28)20-37(24-39-30)14-4-12-35-16-10-33-22-35/h5-10,15-18,21-22H,3-4,11-14,19-20,23-24H2,1-2H3. The third-order valence-electron chi connectivity index (χ3n) is 8.06. The van der Waals surface area contributed by atoms with Crippen LogP contribution < -0.4 is 9.47 Å². The van der Waals surface area contributed by atoms with Crippen LogP contribution in [0, 0.1) is 0 Å². The Labute approximate surface area is 230 Å². The van der Waals surface area contributed by atoms with Crippen molar-refractivity contribution in [2.24, 2.45) is 0 Å². The number of aryl methyl sites for hydroxylation is 2. The first-order valence-electron chi connectivity index (χ1n) is 13.9. The Hall–Kier alpha value is -3.62. The van der Waals surface area contributed by atoms with E-state index in [-0.39, 0.29) is 5.41 Å². The van der Waals surface area contributed by atoms with Crippen molar-refractivity contribution in [3.8, 4) is 11.5 Å². The molecule has 0 bridgehead atoms. The van der Waals surface area contributed by atoms with E-state index in [4.69, 9.17) is 9.47 Å². The molecule has 0 fully saturated rings. The first-order chi connectivity index (χ1) is 19.0. The van der Waals surface area contributed by atoms with E-state index in [2.05, 4.69) is 79.1 Å². The number of aromatic nitrogens is 4. The van der Waals surface area contributed by atoms with Crippen molar-refractivity contribution >= 4 is 0 Å². The molecule has 39 heavy (non-hydrogen) atoms. The van der Waals surface area contributed by atoms with E-state index in [0.29, 0.717) is 13.5 Å². The monoisotopic (exact) mass is 526 g/mol. The molecule has 0 atom stereocenters. The van der Waals surface area contributed by atoms with Gasteiger partial charge in [0, 0.05) is 80.6 Å². The number of nitrogens with zero attached hydrogens (tertiary/aromatic N) is 6. The fourth-order valence-corrected chi connectivity index (χ4v) is 5.61. The average molecular weight is 527 g/mol. The number of fused-ring (bicyclic) bond motifs is 2. The average Bonchev–Trinajstić information content (AvgIpc) is 3.67. The van der Waals surface area contributed by atoms with Gasteiger partial charge in [0.2, 0.25) is 0 Å². The number of hydrogen-bond acceptors (Lipinski definition) is 6. The van der Waals surface area contributed by atoms with Crippen LogP contribution in [0.2, 0.25) is 0 Å². The Morgan fingerprint density at radius 2 is 1.18 bits per heavy atom. The third kappa shape index (κ3) is 5.87. The van der Waals surface area contributed by atoms with Crippen molar-refractivity contribution in [1.29, 1.82) is 0 Å². The second-order valence-corrected chi connectivity index (χ2v) is 11.2. The summed E-state index contributed by atoms with van der Waals surface area (Å²) in [6.07, 6.45) is 13.6. The van der Waals surface area contributed by atoms with Crippen LogP contribution in [0.5, 0.6) is 11.5 Å². The van der Waals surface area contributed by atoms with Crippen molar-refractivity contribution in [3.63, 3.8) is 0 Å². The van der Waals surface area contributed by atoms with E-state index in [1.54, 1.807) is 0 Å². The van der Waals surface area contributed by atoms with Crippen molar-refractivity contribution in [3.05, 3.63) is 96.1 Å². The van der Waals surface area contributed by atoms with Crippen LogP contribution in [0.25, 0.3) is 0 Å². The van der Waals surface area contributed by atoms with Gasteiger partial charge in [0.05, 0.1) is 12.7 Å². The highest BCUT2D eigenvalue weighted by Gasteiger charge is 2.28. The quantitative estimate of drug-likeness (QED) is 0.293. The van der Waals surface area contributed by atoms with Crippen LogP contribution in [0.4, 0.5) is 0 Å². The van der Waals surface area contributed by atoms with Gasteiger partial charge in [-0.1, -0.05) is 26.0 Å². The molecule has 2 aromatic carbocycles. The Balaban J connectivity index is 1.11. The Morgan fingerprint density at radius 1 is 0.692 bits per heavy atom. The van der Waals surface area contributed by atoms with E-state index < -0.39 is 0 Å². The molecule has 0 unspecified atom stereocenters. The molecule has 0 saturated heterocycles. The van der Waals surface area contributed by atoms with Crippen LogP contribution in [-0.4, -0.2) is 55.5 Å². The van der Waals surface area contributed by atoms with Crippen LogP contribution in [0.3, 0.4) is 0 Å². The predicted octanol–water partition coefficient (Wildman–Crippen LogP) is 4.89. The van der Waals surface area contributed by atoms with Crippen LogP contribution in [0.15, 0.2) is 73.8 Å². The van der Waals surface area contributed by atoms with Gasteiger partial charge in [-0.3, -0.25) is 9.80 Å². The largest absolute Gasteiger partial charge is 0.478 e. The SMILES string of the molecule is CC(C)(c1ccc2c(c1)CN(CCCn1ccnc1)CO2)c1ccc2c(c1)CN(CCCn1ccnc1)CO2. The van der Waals surface area contributed by atoms with Crippen molar-refractivity contribution in [2.45, 2.75) is 58.3 Å². The molecule has 0 amide bonds. The molecule has 0 aliphatic carbocycles. The zero-order valence-corrected chi connectivity index (χ0v) is 23.0. The molecule has 2 aromatic heterocycles. The zero-order valence-electron chi connectivity index (χ0n) is 23.0. The van der Waals surface area contributed by atoms with Gasteiger partial charge in [0.25, 0.3) is 0 Å². The molecule has 0 saturated carbocycles. The number of imidazole rings is 2. The highest BCUT2D eigenvalue weighted by molar-refractivity contribution is 5.48. The number of rotatable bonds is 10. The molecule has 0 spiro atoms. The number of ether oxygens (including phenoxy) is 2. The first-order valence-corrected chi connectivity index (χ1v) is 13.9. The Morgan fingerprint density at radius 3 is 1.62 bits per heavy atom. The van der Waals surface area contributed by atoms with Crippen LogP contribution in [0.1, 0.15) is 48.9 Å². The topological polar surface area (TPSA) is 60.6 Å². The summed E-state index contributed by atoms with van der Waals surface area (Å²) in [5, 5.41) is 0. The number of hydrogen-bond donors (Lipinski definition) is 0. The van der Waals surface area contributed by atoms with Gasteiger partial charge in [-0.25, -0.2) is 9.97 Å². The smallest absolute Gasteiger partial charge is 0.142 e. The lowest BCUT2D eigenvalue weighted by Gasteiger charge is -2.33. The summed E-state index contributed by atoms with van der Waals surface area (Å²) in [6, 6.07) is 13.4. The molecular formula is C31H38N6O2. The van der Waals surface area contributed by atoms with Gasteiger partial charge < -0.3 is 18.6 Å². The fraction of sp³-hybridized carbons (Fsp3) is 0.419. The summed E-state index contributed by atoms with van der Waals surface area (Å²) in [5.74, 6) is 2.01. The van der Waals surface area contributed by atoms with Crippen molar-refractivity contribution < 1.29 is 9.47 Å². The van der Waals surface area contributed by atoms with Gasteiger partial charge in [-0.15, -0.1) is 0 Å². The summed E-state index contributed by atoms with van der Waals surface area (Å²) >= 11 is 0. The van der Waals surface area contributed by atoms with E-state index in [1.165, 1.54) is 22.3 Å². The van der Waals surface area contributed by atoms with E-state index in [1.807, 2.05) is 37.4 Å². The molecule has 204 valence electrons. The molecule has 2 aliphatic rings. The Kier molecular flexibility index (Phi) is 7.39. The molecule has 4 heterocycles. The maximum atomic E-state index is 6.12. The molecule has 8 nitrogen and oxygen atoms in total. The highest BCUT2D eigenvalue weighted by Crippen LogP contribution is 2.38. The minimum Gasteiger partial charge on any atom is -0.478 e. The maximum Gasteiger partial charge on any atom is 0.142 e. The van der Waals surface area contributed by atoms with Gasteiger partial charge in [-0.2, -0.15) is 0 Å². The lowest BCUT2D eigenvalue weighted by molar-refractivity contribution is 0.0928. The normalized spacial score (nSPS) is 15.8. The van der Waals surface area contributed by atoms with Crippen molar-refractivity contribution in [2.75, 3.05) is 26.6 Å². The van der Waals surface area contributed by atoms with Crippen molar-refractivity contribution in [1.82, 2.24) is 28.9 Å². The molecule has 2 aliphatic heterocycles. The van der Waals surface area contributed by atoms with Gasteiger partial charge in [-0.05, 0) is 48.2 Å². The molecular weight excluding hydrogens is 488 g/mol. The molecule has 4 aromatic rings. The highest BCUT2D eigenvalue weighted by atomic mass is 16.5. The molecule has 0 radical (unpaired) electrons. The van der Waals surface area contributed by atoms with Gasteiger partial charge in [0.1, 0.15) is 25.0 Å². The van der Waals surface area contributed by atoms with Gasteiger partial charge in [0.15, 0.2) is 0 Å². The van der Waals surface area contributed by atoms with Gasteiger partial charge >= 0.3 is 0 Å². The summed E-state index contributed by atoms with van der Waals surface area (Å²) in [4.78, 5) is 13.0. The third-order valence-corrected chi connectivity index (χ3v) is 8.06. The molecule has 6 rings (SSSR count). The van der Waals surface area contributed by atoms with E-state index in [9.17, 15) is 0 Å². The molecule has 8 heteroatoms. The lowest BCUT2D eigenvalue weighted by atomic mass is 9.77. The lowest BCUT2D eigenvalue weighted by Crippen LogP contribution is -2.34. The Bertz CT molecular complexity index is 1260. The summed E-state index contributed by atoms with van der Waals surface area (Å²) in [6.45, 7) is 11.7. The van der Waals surface area contributed by atoms with Crippen LogP contribution in [-0.2, 0) is 31.6 Å². The summed E-state index contributed by atoms with van der Waals surface area (Å²) in [5.41, 5.74) is 5.00.